The summed E-state index contributed by atoms with van der Waals surface area (Å²) < 4.78 is 0. The number of hydrogen-bond acceptors (Lipinski definition) is 2. The molecule has 0 aromatic heterocycles. The normalized spacial score (nSPS) is 26.1. The van der Waals surface area contributed by atoms with Crippen LogP contribution in [0.15, 0.2) is 0 Å². The molecular formula is C9H17NO. The van der Waals surface area contributed by atoms with Crippen LogP contribution < -0.4 is 5.32 Å². The highest BCUT2D eigenvalue weighted by Gasteiger charge is 2.21. The molecule has 1 N–H and O–H groups in total. The summed E-state index contributed by atoms with van der Waals surface area (Å²) in [6.07, 6.45) is 1.78. The van der Waals surface area contributed by atoms with Gasteiger partial charge in [0, 0.05) is 25.4 Å². The van der Waals surface area contributed by atoms with Crippen molar-refractivity contribution in [2.75, 3.05) is 13.1 Å². The number of Topliss-reactive ketones (excluding diaryl/α,β-unsaturated/α-hetero) is 1. The van der Waals surface area contributed by atoms with Crippen molar-refractivity contribution in [3.05, 3.63) is 0 Å². The fourth-order valence-electron chi connectivity index (χ4n) is 1.59. The zero-order valence-electron chi connectivity index (χ0n) is 7.39. The molecule has 0 bridgehead atoms. The van der Waals surface area contributed by atoms with E-state index in [1.807, 2.05) is 0 Å². The van der Waals surface area contributed by atoms with Crippen molar-refractivity contribution < 1.29 is 4.79 Å². The predicted octanol–water partition coefficient (Wildman–Crippen LogP) is 1.21. The van der Waals surface area contributed by atoms with Crippen LogP contribution in [0.5, 0.6) is 0 Å². The quantitative estimate of drug-likeness (QED) is 0.649. The van der Waals surface area contributed by atoms with Crippen LogP contribution in [-0.4, -0.2) is 18.9 Å². The van der Waals surface area contributed by atoms with Crippen LogP contribution >= 0.6 is 0 Å². The lowest BCUT2D eigenvalue weighted by molar-refractivity contribution is -0.124. The van der Waals surface area contributed by atoms with Gasteiger partial charge in [0.15, 0.2) is 0 Å². The van der Waals surface area contributed by atoms with Crippen LogP contribution in [0, 0.1) is 11.8 Å². The molecule has 1 heterocycles. The number of carbonyl (C=O) groups is 1. The van der Waals surface area contributed by atoms with E-state index in [1.54, 1.807) is 0 Å². The highest BCUT2D eigenvalue weighted by molar-refractivity contribution is 5.82. The molecule has 64 valence electrons. The third-order valence-electron chi connectivity index (χ3n) is 2.15. The third-order valence-corrected chi connectivity index (χ3v) is 2.15. The summed E-state index contributed by atoms with van der Waals surface area (Å²) >= 11 is 0. The Morgan fingerprint density at radius 2 is 2.36 bits per heavy atom. The lowest BCUT2D eigenvalue weighted by atomic mass is 9.90. The standard InChI is InChI=1S/C9H17NO/c1-7(2)5-8-6-10-4-3-9(8)11/h7-8,10H,3-6H2,1-2H3. The minimum absolute atomic E-state index is 0.295. The minimum Gasteiger partial charge on any atom is -0.316 e. The molecule has 1 fully saturated rings. The largest absolute Gasteiger partial charge is 0.316 e. The Kier molecular flexibility index (Phi) is 3.06. The number of rotatable bonds is 2. The van der Waals surface area contributed by atoms with Gasteiger partial charge in [-0.15, -0.1) is 0 Å². The number of hydrogen-bond donors (Lipinski definition) is 1. The number of piperidine rings is 1. The maximum atomic E-state index is 11.3. The van der Waals surface area contributed by atoms with Gasteiger partial charge >= 0.3 is 0 Å². The van der Waals surface area contributed by atoms with Gasteiger partial charge in [-0.05, 0) is 12.3 Å². The summed E-state index contributed by atoms with van der Waals surface area (Å²) in [6, 6.07) is 0. The van der Waals surface area contributed by atoms with E-state index in [9.17, 15) is 4.79 Å². The molecule has 0 aliphatic carbocycles. The predicted molar refractivity (Wildman–Crippen MR) is 45.4 cm³/mol. The molecule has 1 rings (SSSR count). The Morgan fingerprint density at radius 1 is 1.64 bits per heavy atom. The molecule has 0 radical (unpaired) electrons. The average molecular weight is 155 g/mol. The zero-order chi connectivity index (χ0) is 8.27. The van der Waals surface area contributed by atoms with Crippen LogP contribution in [0.4, 0.5) is 0 Å². The van der Waals surface area contributed by atoms with E-state index >= 15 is 0 Å². The Morgan fingerprint density at radius 3 is 2.91 bits per heavy atom. The molecule has 0 aromatic rings. The van der Waals surface area contributed by atoms with E-state index in [2.05, 4.69) is 19.2 Å². The van der Waals surface area contributed by atoms with Crippen molar-refractivity contribution in [1.82, 2.24) is 5.32 Å². The highest BCUT2D eigenvalue weighted by Crippen LogP contribution is 2.15. The van der Waals surface area contributed by atoms with Crippen LogP contribution in [0.25, 0.3) is 0 Å². The number of carbonyl (C=O) groups excluding carboxylic acids is 1. The molecule has 2 heteroatoms. The highest BCUT2D eigenvalue weighted by atomic mass is 16.1. The van der Waals surface area contributed by atoms with Gasteiger partial charge in [-0.2, -0.15) is 0 Å². The lowest BCUT2D eigenvalue weighted by Gasteiger charge is -2.22. The summed E-state index contributed by atoms with van der Waals surface area (Å²) in [5.41, 5.74) is 0. The first kappa shape index (κ1) is 8.72. The molecule has 0 spiro atoms. The average Bonchev–Trinajstić information content (AvgIpc) is 1.93. The van der Waals surface area contributed by atoms with E-state index in [-0.39, 0.29) is 0 Å². The molecule has 11 heavy (non-hydrogen) atoms. The maximum absolute atomic E-state index is 11.3. The molecule has 1 saturated heterocycles. The van der Waals surface area contributed by atoms with Crippen molar-refractivity contribution in [2.24, 2.45) is 11.8 Å². The van der Waals surface area contributed by atoms with E-state index in [0.29, 0.717) is 17.6 Å². The Bertz CT molecular complexity index is 142. The van der Waals surface area contributed by atoms with E-state index < -0.39 is 0 Å². The molecule has 0 amide bonds. The van der Waals surface area contributed by atoms with Gasteiger partial charge in [-0.1, -0.05) is 13.8 Å². The zero-order valence-corrected chi connectivity index (χ0v) is 7.39. The molecule has 0 saturated carbocycles. The molecular weight excluding hydrogens is 138 g/mol. The molecule has 1 unspecified atom stereocenters. The Balaban J connectivity index is 2.36. The molecule has 1 aliphatic heterocycles. The third kappa shape index (κ3) is 2.62. The lowest BCUT2D eigenvalue weighted by Crippen LogP contribution is -2.37. The van der Waals surface area contributed by atoms with Crippen molar-refractivity contribution in [1.29, 1.82) is 0 Å². The summed E-state index contributed by atoms with van der Waals surface area (Å²) in [4.78, 5) is 11.3. The summed E-state index contributed by atoms with van der Waals surface area (Å²) in [5, 5.41) is 3.25. The fraction of sp³-hybridized carbons (Fsp3) is 0.889. The van der Waals surface area contributed by atoms with Gasteiger partial charge in [0.25, 0.3) is 0 Å². The first-order valence-electron chi connectivity index (χ1n) is 4.43. The maximum Gasteiger partial charge on any atom is 0.138 e. The van der Waals surface area contributed by atoms with Crippen LogP contribution in [0.3, 0.4) is 0 Å². The second-order valence-corrected chi connectivity index (χ2v) is 3.75. The first-order chi connectivity index (χ1) is 5.20. The summed E-state index contributed by atoms with van der Waals surface area (Å²) in [5.74, 6) is 1.39. The Labute approximate surface area is 68.4 Å². The smallest absolute Gasteiger partial charge is 0.138 e. The monoisotopic (exact) mass is 155 g/mol. The summed E-state index contributed by atoms with van der Waals surface area (Å²) in [7, 11) is 0. The van der Waals surface area contributed by atoms with Crippen LogP contribution in [0.1, 0.15) is 26.7 Å². The van der Waals surface area contributed by atoms with Crippen molar-refractivity contribution in [2.45, 2.75) is 26.7 Å². The molecule has 0 aromatic carbocycles. The van der Waals surface area contributed by atoms with Gasteiger partial charge in [0.2, 0.25) is 0 Å². The number of ketones is 1. The summed E-state index contributed by atoms with van der Waals surface area (Å²) in [6.45, 7) is 6.12. The second kappa shape index (κ2) is 3.86. The minimum atomic E-state index is 0.295. The van der Waals surface area contributed by atoms with Crippen LogP contribution in [0.2, 0.25) is 0 Å². The second-order valence-electron chi connectivity index (χ2n) is 3.75. The first-order valence-corrected chi connectivity index (χ1v) is 4.43. The Hall–Kier alpha value is -0.370. The van der Waals surface area contributed by atoms with Gasteiger partial charge in [-0.3, -0.25) is 4.79 Å². The van der Waals surface area contributed by atoms with Crippen molar-refractivity contribution >= 4 is 5.78 Å². The van der Waals surface area contributed by atoms with E-state index in [1.165, 1.54) is 0 Å². The van der Waals surface area contributed by atoms with Crippen molar-refractivity contribution in [3.63, 3.8) is 0 Å². The van der Waals surface area contributed by atoms with Gasteiger partial charge in [0.05, 0.1) is 0 Å². The van der Waals surface area contributed by atoms with Gasteiger partial charge < -0.3 is 5.32 Å². The van der Waals surface area contributed by atoms with E-state index in [0.717, 1.165) is 25.9 Å². The number of nitrogens with one attached hydrogen (secondary N) is 1. The van der Waals surface area contributed by atoms with Gasteiger partial charge in [0.1, 0.15) is 5.78 Å². The molecule has 1 atom stereocenters. The topological polar surface area (TPSA) is 29.1 Å². The fourth-order valence-corrected chi connectivity index (χ4v) is 1.59. The SMILES string of the molecule is CC(C)CC1CNCCC1=O. The van der Waals surface area contributed by atoms with Crippen molar-refractivity contribution in [3.8, 4) is 0 Å². The van der Waals surface area contributed by atoms with Crippen LogP contribution in [-0.2, 0) is 4.79 Å². The van der Waals surface area contributed by atoms with Gasteiger partial charge in [-0.25, -0.2) is 0 Å². The van der Waals surface area contributed by atoms with E-state index in [4.69, 9.17) is 0 Å². The molecule has 2 nitrogen and oxygen atoms in total. The molecule has 1 aliphatic rings.